The summed E-state index contributed by atoms with van der Waals surface area (Å²) in [6, 6.07) is 23.5. The van der Waals surface area contributed by atoms with E-state index in [0.29, 0.717) is 0 Å². The second-order valence-corrected chi connectivity index (χ2v) is 5.62. The molecule has 4 heteroatoms. The van der Waals surface area contributed by atoms with Gasteiger partial charge in [0.2, 0.25) is 5.91 Å². The molecule has 24 heavy (non-hydrogen) atoms. The molecule has 0 aliphatic rings. The Kier molecular flexibility index (Phi) is 4.99. The molecular formula is C20H16N2OS. The number of thiocarbonyl (C=S) groups is 1. The Bertz CT molecular complexity index is 898. The zero-order chi connectivity index (χ0) is 16.8. The van der Waals surface area contributed by atoms with Crippen LogP contribution >= 0.6 is 12.2 Å². The van der Waals surface area contributed by atoms with Gasteiger partial charge >= 0.3 is 0 Å². The fourth-order valence-electron chi connectivity index (χ4n) is 2.38. The van der Waals surface area contributed by atoms with Crippen molar-refractivity contribution in [2.24, 2.45) is 0 Å². The number of amides is 1. The van der Waals surface area contributed by atoms with E-state index in [2.05, 4.69) is 10.6 Å². The van der Waals surface area contributed by atoms with Crippen LogP contribution < -0.4 is 10.6 Å². The van der Waals surface area contributed by atoms with Gasteiger partial charge in [-0.1, -0.05) is 66.7 Å². The first-order valence-corrected chi connectivity index (χ1v) is 7.96. The molecule has 1 amide bonds. The molecule has 0 unspecified atom stereocenters. The van der Waals surface area contributed by atoms with Crippen molar-refractivity contribution in [2.75, 3.05) is 5.32 Å². The predicted molar refractivity (Wildman–Crippen MR) is 104 cm³/mol. The number of fused-ring (bicyclic) bond motifs is 1. The Morgan fingerprint density at radius 2 is 1.58 bits per heavy atom. The first-order valence-electron chi connectivity index (χ1n) is 7.55. The summed E-state index contributed by atoms with van der Waals surface area (Å²) in [6.45, 7) is 0. The highest BCUT2D eigenvalue weighted by Gasteiger charge is 2.04. The summed E-state index contributed by atoms with van der Waals surface area (Å²) in [7, 11) is 0. The van der Waals surface area contributed by atoms with E-state index in [0.717, 1.165) is 22.0 Å². The summed E-state index contributed by atoms with van der Waals surface area (Å²) in [5.41, 5.74) is 1.83. The highest BCUT2D eigenvalue weighted by molar-refractivity contribution is 7.80. The molecule has 0 fully saturated rings. The number of carbonyl (C=O) groups excluding carboxylic acids is 1. The third kappa shape index (κ3) is 4.06. The summed E-state index contributed by atoms with van der Waals surface area (Å²) in [5.74, 6) is -0.267. The third-order valence-corrected chi connectivity index (χ3v) is 3.71. The molecule has 3 nitrogen and oxygen atoms in total. The standard InChI is InChI=1S/C20H16N2OS/c23-19(14-13-15-7-2-1-3-8-15)22-20(24)21-18-12-6-10-16-9-4-5-11-17(16)18/h1-14H,(H2,21,22,23,24)/b14-13+. The average molecular weight is 332 g/mol. The van der Waals surface area contributed by atoms with Gasteiger partial charge in [-0.25, -0.2) is 0 Å². The number of hydrogen-bond donors (Lipinski definition) is 2. The van der Waals surface area contributed by atoms with Crippen LogP contribution in [0.25, 0.3) is 16.8 Å². The molecule has 0 saturated heterocycles. The molecular weight excluding hydrogens is 316 g/mol. The second kappa shape index (κ2) is 7.53. The van der Waals surface area contributed by atoms with Crippen LogP contribution in [0.2, 0.25) is 0 Å². The fourth-order valence-corrected chi connectivity index (χ4v) is 2.59. The Morgan fingerprint density at radius 3 is 2.42 bits per heavy atom. The van der Waals surface area contributed by atoms with Crippen molar-refractivity contribution in [3.63, 3.8) is 0 Å². The van der Waals surface area contributed by atoms with Crippen LogP contribution in [0.4, 0.5) is 5.69 Å². The number of benzene rings is 3. The van der Waals surface area contributed by atoms with Gasteiger partial charge in [0.25, 0.3) is 0 Å². The number of hydrogen-bond acceptors (Lipinski definition) is 2. The van der Waals surface area contributed by atoms with E-state index in [1.54, 1.807) is 6.08 Å². The van der Waals surface area contributed by atoms with Crippen molar-refractivity contribution in [1.82, 2.24) is 5.32 Å². The molecule has 118 valence electrons. The van der Waals surface area contributed by atoms with Crippen molar-refractivity contribution >= 4 is 45.8 Å². The molecule has 3 rings (SSSR count). The van der Waals surface area contributed by atoms with Gasteiger partial charge in [0.15, 0.2) is 5.11 Å². The minimum Gasteiger partial charge on any atom is -0.332 e. The van der Waals surface area contributed by atoms with Crippen LogP contribution in [0.15, 0.2) is 78.9 Å². The van der Waals surface area contributed by atoms with E-state index >= 15 is 0 Å². The van der Waals surface area contributed by atoms with Gasteiger partial charge < -0.3 is 5.32 Å². The number of carbonyl (C=O) groups is 1. The summed E-state index contributed by atoms with van der Waals surface area (Å²) in [5, 5.41) is 8.17. The van der Waals surface area contributed by atoms with Gasteiger partial charge in [-0.15, -0.1) is 0 Å². The van der Waals surface area contributed by atoms with Crippen molar-refractivity contribution in [2.45, 2.75) is 0 Å². The molecule has 0 aliphatic carbocycles. The van der Waals surface area contributed by atoms with E-state index in [9.17, 15) is 4.79 Å². The summed E-state index contributed by atoms with van der Waals surface area (Å²) < 4.78 is 0. The summed E-state index contributed by atoms with van der Waals surface area (Å²) in [6.07, 6.45) is 3.21. The smallest absolute Gasteiger partial charge is 0.250 e. The third-order valence-electron chi connectivity index (χ3n) is 3.50. The molecule has 0 saturated carbocycles. The zero-order valence-electron chi connectivity index (χ0n) is 12.9. The quantitative estimate of drug-likeness (QED) is 0.553. The Hall–Kier alpha value is -2.98. The fraction of sp³-hybridized carbons (Fsp3) is 0. The molecule has 0 heterocycles. The lowest BCUT2D eigenvalue weighted by Crippen LogP contribution is -2.32. The van der Waals surface area contributed by atoms with Gasteiger partial charge in [-0.05, 0) is 35.3 Å². The topological polar surface area (TPSA) is 41.1 Å². The predicted octanol–water partition coefficient (Wildman–Crippen LogP) is 4.37. The van der Waals surface area contributed by atoms with Crippen molar-refractivity contribution in [3.05, 3.63) is 84.4 Å². The van der Waals surface area contributed by atoms with Crippen LogP contribution in [-0.4, -0.2) is 11.0 Å². The van der Waals surface area contributed by atoms with E-state index in [-0.39, 0.29) is 11.0 Å². The lowest BCUT2D eigenvalue weighted by Gasteiger charge is -2.10. The number of nitrogens with one attached hydrogen (secondary N) is 2. The van der Waals surface area contributed by atoms with E-state index in [1.807, 2.05) is 72.8 Å². The van der Waals surface area contributed by atoms with Gasteiger partial charge in [0.05, 0.1) is 0 Å². The summed E-state index contributed by atoms with van der Waals surface area (Å²) >= 11 is 5.23. The maximum absolute atomic E-state index is 12.0. The van der Waals surface area contributed by atoms with Crippen molar-refractivity contribution in [1.29, 1.82) is 0 Å². The number of anilines is 1. The highest BCUT2D eigenvalue weighted by atomic mass is 32.1. The first-order chi connectivity index (χ1) is 11.7. The van der Waals surface area contributed by atoms with Crippen LogP contribution in [0.1, 0.15) is 5.56 Å². The Morgan fingerprint density at radius 1 is 0.875 bits per heavy atom. The van der Waals surface area contributed by atoms with Gasteiger partial charge in [0.1, 0.15) is 0 Å². The molecule has 0 radical (unpaired) electrons. The van der Waals surface area contributed by atoms with Crippen molar-refractivity contribution in [3.8, 4) is 0 Å². The van der Waals surface area contributed by atoms with E-state index in [4.69, 9.17) is 12.2 Å². The molecule has 0 spiro atoms. The van der Waals surface area contributed by atoms with E-state index in [1.165, 1.54) is 6.08 Å². The average Bonchev–Trinajstić information content (AvgIpc) is 2.61. The first kappa shape index (κ1) is 15.9. The molecule has 0 bridgehead atoms. The van der Waals surface area contributed by atoms with Gasteiger partial charge in [-0.3, -0.25) is 10.1 Å². The minimum atomic E-state index is -0.267. The van der Waals surface area contributed by atoms with Crippen LogP contribution in [0.3, 0.4) is 0 Å². The van der Waals surface area contributed by atoms with Gasteiger partial charge in [0, 0.05) is 17.1 Å². The number of rotatable bonds is 3. The van der Waals surface area contributed by atoms with Gasteiger partial charge in [-0.2, -0.15) is 0 Å². The van der Waals surface area contributed by atoms with Crippen LogP contribution in [-0.2, 0) is 4.79 Å². The summed E-state index contributed by atoms with van der Waals surface area (Å²) in [4.78, 5) is 12.0. The van der Waals surface area contributed by atoms with E-state index < -0.39 is 0 Å². The lowest BCUT2D eigenvalue weighted by molar-refractivity contribution is -0.115. The van der Waals surface area contributed by atoms with Crippen molar-refractivity contribution < 1.29 is 4.79 Å². The Balaban J connectivity index is 1.65. The SMILES string of the molecule is O=C(/C=C/c1ccccc1)NC(=S)Nc1cccc2ccccc12. The lowest BCUT2D eigenvalue weighted by atomic mass is 10.1. The van der Waals surface area contributed by atoms with Crippen LogP contribution in [0.5, 0.6) is 0 Å². The highest BCUT2D eigenvalue weighted by Crippen LogP contribution is 2.22. The monoisotopic (exact) mass is 332 g/mol. The largest absolute Gasteiger partial charge is 0.332 e. The molecule has 3 aromatic rings. The maximum atomic E-state index is 12.0. The maximum Gasteiger partial charge on any atom is 0.250 e. The minimum absolute atomic E-state index is 0.267. The van der Waals surface area contributed by atoms with Crippen LogP contribution in [0, 0.1) is 0 Å². The molecule has 0 aromatic heterocycles. The second-order valence-electron chi connectivity index (χ2n) is 5.21. The normalized spacial score (nSPS) is 10.7. The molecule has 3 aromatic carbocycles. The molecule has 2 N–H and O–H groups in total. The zero-order valence-corrected chi connectivity index (χ0v) is 13.7. The Labute approximate surface area is 146 Å². The molecule has 0 atom stereocenters. The molecule has 0 aliphatic heterocycles.